The predicted molar refractivity (Wildman–Crippen MR) is 90.0 cm³/mol. The molecule has 0 fully saturated rings. The lowest BCUT2D eigenvalue weighted by Crippen LogP contribution is -2.44. The summed E-state index contributed by atoms with van der Waals surface area (Å²) < 4.78 is 31.6. The number of ether oxygens (including phenoxy) is 1. The van der Waals surface area contributed by atoms with Crippen LogP contribution in [0.2, 0.25) is 0 Å². The molecule has 6 nitrogen and oxygen atoms in total. The maximum atomic E-state index is 13.4. The van der Waals surface area contributed by atoms with Crippen molar-refractivity contribution < 1.29 is 23.1 Å². The minimum absolute atomic E-state index is 0.00405. The number of halogens is 2. The summed E-state index contributed by atoms with van der Waals surface area (Å²) in [6.45, 7) is -0.349. The van der Waals surface area contributed by atoms with Gasteiger partial charge in [-0.3, -0.25) is 20.4 Å². The Morgan fingerprint density at radius 3 is 2.46 bits per heavy atom. The summed E-state index contributed by atoms with van der Waals surface area (Å²) in [6, 6.07) is 11.0. The van der Waals surface area contributed by atoms with Gasteiger partial charge in [-0.1, -0.05) is 0 Å². The van der Waals surface area contributed by atoms with Crippen LogP contribution in [0.25, 0.3) is 0 Å². The van der Waals surface area contributed by atoms with Crippen LogP contribution in [-0.2, 0) is 9.59 Å². The standard InChI is InChI=1S/C17H13F2N3O3S/c18-12-3-6-14(19)15(7-12)26-10-17(24)22-21-16(23)9-25-13-4-1-11(8-20)2-5-13/h1-7H,9-10H2,(H,21,23)(H,22,24). The third kappa shape index (κ3) is 6.07. The van der Waals surface area contributed by atoms with E-state index in [1.807, 2.05) is 6.07 Å². The number of carbonyl (C=O) groups is 2. The number of rotatable bonds is 6. The van der Waals surface area contributed by atoms with Crippen LogP contribution in [0, 0.1) is 23.0 Å². The SMILES string of the molecule is N#Cc1ccc(OCC(=O)NNC(=O)CSc2cc(F)ccc2F)cc1. The number of nitriles is 1. The maximum Gasteiger partial charge on any atom is 0.276 e. The molecule has 0 heterocycles. The third-order valence-electron chi connectivity index (χ3n) is 2.95. The number of nitrogens with zero attached hydrogens (tertiary/aromatic N) is 1. The highest BCUT2D eigenvalue weighted by atomic mass is 32.2. The van der Waals surface area contributed by atoms with E-state index in [1.54, 1.807) is 0 Å². The summed E-state index contributed by atoms with van der Waals surface area (Å²) >= 11 is 0.799. The number of thioether (sulfide) groups is 1. The fourth-order valence-corrected chi connectivity index (χ4v) is 2.48. The highest BCUT2D eigenvalue weighted by Crippen LogP contribution is 2.22. The van der Waals surface area contributed by atoms with E-state index in [-0.39, 0.29) is 17.3 Å². The molecule has 2 aromatic rings. The number of hydrazine groups is 1. The lowest BCUT2D eigenvalue weighted by Gasteiger charge is -2.09. The van der Waals surface area contributed by atoms with E-state index < -0.39 is 23.4 Å². The molecule has 2 rings (SSSR count). The molecular formula is C17H13F2N3O3S. The summed E-state index contributed by atoms with van der Waals surface area (Å²) in [6.07, 6.45) is 0. The summed E-state index contributed by atoms with van der Waals surface area (Å²) in [5.74, 6) is -2.26. The molecule has 0 atom stereocenters. The van der Waals surface area contributed by atoms with Crippen molar-refractivity contribution in [3.63, 3.8) is 0 Å². The van der Waals surface area contributed by atoms with E-state index in [2.05, 4.69) is 10.9 Å². The molecule has 2 N–H and O–H groups in total. The summed E-state index contributed by atoms with van der Waals surface area (Å²) in [4.78, 5) is 23.2. The van der Waals surface area contributed by atoms with Gasteiger partial charge in [-0.05, 0) is 42.5 Å². The van der Waals surface area contributed by atoms with Gasteiger partial charge in [0, 0.05) is 4.90 Å². The van der Waals surface area contributed by atoms with Crippen molar-refractivity contribution in [3.8, 4) is 11.8 Å². The van der Waals surface area contributed by atoms with Crippen molar-refractivity contribution in [2.45, 2.75) is 4.90 Å². The fourth-order valence-electron chi connectivity index (χ4n) is 1.72. The van der Waals surface area contributed by atoms with E-state index in [0.717, 1.165) is 30.0 Å². The van der Waals surface area contributed by atoms with E-state index >= 15 is 0 Å². The molecule has 2 amide bonds. The number of hydrogen-bond acceptors (Lipinski definition) is 5. The van der Waals surface area contributed by atoms with Gasteiger partial charge in [0.1, 0.15) is 17.4 Å². The quantitative estimate of drug-likeness (QED) is 0.595. The maximum absolute atomic E-state index is 13.4. The van der Waals surface area contributed by atoms with Gasteiger partial charge >= 0.3 is 0 Å². The Hall–Kier alpha value is -3.12. The van der Waals surface area contributed by atoms with Crippen LogP contribution in [0.5, 0.6) is 5.75 Å². The molecule has 0 aliphatic carbocycles. The van der Waals surface area contributed by atoms with Gasteiger partial charge in [0.25, 0.3) is 5.91 Å². The van der Waals surface area contributed by atoms with Gasteiger partial charge in [0.15, 0.2) is 6.61 Å². The Morgan fingerprint density at radius 2 is 1.77 bits per heavy atom. The first kappa shape index (κ1) is 19.2. The molecule has 0 bridgehead atoms. The van der Waals surface area contributed by atoms with Crippen molar-refractivity contribution >= 4 is 23.6 Å². The summed E-state index contributed by atoms with van der Waals surface area (Å²) in [5.41, 5.74) is 4.74. The molecule has 0 unspecified atom stereocenters. The number of nitrogens with one attached hydrogen (secondary N) is 2. The Bertz CT molecular complexity index is 838. The molecule has 2 aromatic carbocycles. The zero-order valence-corrected chi connectivity index (χ0v) is 14.1. The first-order valence-corrected chi connectivity index (χ1v) is 8.25. The van der Waals surface area contributed by atoms with Gasteiger partial charge < -0.3 is 4.74 Å². The number of benzene rings is 2. The van der Waals surface area contributed by atoms with Crippen LogP contribution >= 0.6 is 11.8 Å². The average molecular weight is 377 g/mol. The number of carbonyl (C=O) groups excluding carboxylic acids is 2. The second-order valence-electron chi connectivity index (χ2n) is 4.88. The van der Waals surface area contributed by atoms with Gasteiger partial charge in [0.05, 0.1) is 17.4 Å². The van der Waals surface area contributed by atoms with Crippen molar-refractivity contribution in [3.05, 3.63) is 59.7 Å². The average Bonchev–Trinajstić information content (AvgIpc) is 2.65. The zero-order valence-electron chi connectivity index (χ0n) is 13.3. The second-order valence-corrected chi connectivity index (χ2v) is 5.90. The predicted octanol–water partition coefficient (Wildman–Crippen LogP) is 2.15. The van der Waals surface area contributed by atoms with Gasteiger partial charge in [-0.15, -0.1) is 11.8 Å². The highest BCUT2D eigenvalue weighted by Gasteiger charge is 2.09. The Morgan fingerprint density at radius 1 is 1.08 bits per heavy atom. The third-order valence-corrected chi connectivity index (χ3v) is 3.98. The Balaban J connectivity index is 1.70. The molecule has 0 aliphatic rings. The first-order valence-electron chi connectivity index (χ1n) is 7.26. The van der Waals surface area contributed by atoms with Gasteiger partial charge in [-0.25, -0.2) is 8.78 Å². The number of amides is 2. The van der Waals surface area contributed by atoms with Crippen LogP contribution in [0.15, 0.2) is 47.4 Å². The second kappa shape index (κ2) is 9.39. The van der Waals surface area contributed by atoms with Crippen LogP contribution in [0.4, 0.5) is 8.78 Å². The zero-order chi connectivity index (χ0) is 18.9. The van der Waals surface area contributed by atoms with E-state index in [0.29, 0.717) is 11.3 Å². The molecule has 0 saturated heterocycles. The first-order chi connectivity index (χ1) is 12.5. The van der Waals surface area contributed by atoms with Crippen molar-refractivity contribution in [2.75, 3.05) is 12.4 Å². The summed E-state index contributed by atoms with van der Waals surface area (Å²) in [5, 5.41) is 8.68. The molecule has 0 spiro atoms. The topological polar surface area (TPSA) is 91.2 Å². The van der Waals surface area contributed by atoms with Crippen LogP contribution < -0.4 is 15.6 Å². The molecule has 9 heteroatoms. The smallest absolute Gasteiger partial charge is 0.276 e. The summed E-state index contributed by atoms with van der Waals surface area (Å²) in [7, 11) is 0. The Kier molecular flexibility index (Phi) is 6.93. The lowest BCUT2D eigenvalue weighted by molar-refractivity contribution is -0.128. The van der Waals surface area contributed by atoms with Gasteiger partial charge in [0.2, 0.25) is 5.91 Å². The molecule has 134 valence electrons. The monoisotopic (exact) mass is 377 g/mol. The van der Waals surface area contributed by atoms with Crippen LogP contribution in [0.1, 0.15) is 5.56 Å². The van der Waals surface area contributed by atoms with Crippen LogP contribution in [0.3, 0.4) is 0 Å². The molecule has 0 aromatic heterocycles. The van der Waals surface area contributed by atoms with Gasteiger partial charge in [-0.2, -0.15) is 5.26 Å². The largest absolute Gasteiger partial charge is 0.484 e. The fraction of sp³-hybridized carbons (Fsp3) is 0.118. The molecular weight excluding hydrogens is 364 g/mol. The number of hydrogen-bond donors (Lipinski definition) is 2. The van der Waals surface area contributed by atoms with Crippen LogP contribution in [-0.4, -0.2) is 24.2 Å². The lowest BCUT2D eigenvalue weighted by atomic mass is 10.2. The molecule has 0 aliphatic heterocycles. The molecule has 0 saturated carbocycles. The van der Waals surface area contributed by atoms with Crippen molar-refractivity contribution in [1.82, 2.24) is 10.9 Å². The minimum atomic E-state index is -0.635. The van der Waals surface area contributed by atoms with E-state index in [4.69, 9.17) is 10.00 Å². The normalized spacial score (nSPS) is 9.88. The highest BCUT2D eigenvalue weighted by molar-refractivity contribution is 8.00. The molecule has 26 heavy (non-hydrogen) atoms. The molecule has 0 radical (unpaired) electrons. The van der Waals surface area contributed by atoms with E-state index in [9.17, 15) is 18.4 Å². The minimum Gasteiger partial charge on any atom is -0.484 e. The van der Waals surface area contributed by atoms with E-state index in [1.165, 1.54) is 24.3 Å². The van der Waals surface area contributed by atoms with Crippen molar-refractivity contribution in [2.24, 2.45) is 0 Å². The van der Waals surface area contributed by atoms with Crippen molar-refractivity contribution in [1.29, 1.82) is 5.26 Å². The Labute approximate surface area is 152 Å².